The zero-order chi connectivity index (χ0) is 15.5. The van der Waals surface area contributed by atoms with Crippen LogP contribution in [0.3, 0.4) is 0 Å². The molecule has 2 aromatic carbocycles. The number of nitrogens with one attached hydrogen (secondary N) is 1. The summed E-state index contributed by atoms with van der Waals surface area (Å²) in [4.78, 5) is 26.0. The summed E-state index contributed by atoms with van der Waals surface area (Å²) in [6.07, 6.45) is 0.199. The van der Waals surface area contributed by atoms with Crippen molar-refractivity contribution in [2.24, 2.45) is 0 Å². The van der Waals surface area contributed by atoms with E-state index >= 15 is 0 Å². The van der Waals surface area contributed by atoms with E-state index in [1.807, 2.05) is 55.5 Å². The van der Waals surface area contributed by atoms with Crippen LogP contribution < -0.4 is 10.2 Å². The van der Waals surface area contributed by atoms with Crippen LogP contribution in [-0.4, -0.2) is 17.9 Å². The quantitative estimate of drug-likeness (QED) is 0.882. The number of amides is 2. The molecule has 1 fully saturated rings. The molecule has 1 aliphatic rings. The third-order valence-electron chi connectivity index (χ3n) is 3.91. The third-order valence-corrected chi connectivity index (χ3v) is 3.91. The predicted octanol–water partition coefficient (Wildman–Crippen LogP) is 2.67. The number of rotatable bonds is 4. The lowest BCUT2D eigenvalue weighted by Gasteiger charge is -2.19. The zero-order valence-electron chi connectivity index (χ0n) is 12.4. The van der Waals surface area contributed by atoms with Gasteiger partial charge in [0.1, 0.15) is 0 Å². The Morgan fingerprint density at radius 2 is 1.59 bits per heavy atom. The fourth-order valence-corrected chi connectivity index (χ4v) is 2.75. The molecule has 4 nitrogen and oxygen atoms in total. The molecule has 1 aliphatic heterocycles. The molecule has 2 amide bonds. The first-order chi connectivity index (χ1) is 10.7. The molecule has 2 aromatic rings. The average Bonchev–Trinajstić information content (AvgIpc) is 2.83. The fourth-order valence-electron chi connectivity index (χ4n) is 2.75. The van der Waals surface area contributed by atoms with Gasteiger partial charge in [-0.3, -0.25) is 14.9 Å². The molecule has 0 aromatic heterocycles. The van der Waals surface area contributed by atoms with E-state index in [4.69, 9.17) is 0 Å². The van der Waals surface area contributed by atoms with E-state index in [-0.39, 0.29) is 24.3 Å². The minimum Gasteiger partial charge on any atom is -0.299 e. The molecule has 1 N–H and O–H groups in total. The minimum atomic E-state index is -0.470. The molecule has 4 heteroatoms. The normalized spacial score (nSPS) is 19.5. The lowest BCUT2D eigenvalue weighted by atomic mass is 10.1. The number of para-hydroxylation sites is 1. The Balaban J connectivity index is 1.74. The topological polar surface area (TPSA) is 49.4 Å². The van der Waals surface area contributed by atoms with Crippen molar-refractivity contribution in [2.45, 2.75) is 25.4 Å². The second-order valence-electron chi connectivity index (χ2n) is 5.46. The van der Waals surface area contributed by atoms with Crippen molar-refractivity contribution in [3.63, 3.8) is 0 Å². The van der Waals surface area contributed by atoms with Gasteiger partial charge in [-0.25, -0.2) is 4.90 Å². The molecule has 0 aliphatic carbocycles. The SMILES string of the molecule is C[C@H](N[C@@H]1CC(=O)N(c2ccccc2)C1=O)c1ccccc1. The fraction of sp³-hybridized carbons (Fsp3) is 0.222. The summed E-state index contributed by atoms with van der Waals surface area (Å²) in [5, 5.41) is 3.26. The van der Waals surface area contributed by atoms with Crippen LogP contribution in [0.4, 0.5) is 5.69 Å². The van der Waals surface area contributed by atoms with Crippen molar-refractivity contribution < 1.29 is 9.59 Å². The van der Waals surface area contributed by atoms with Crippen LogP contribution in [0.2, 0.25) is 0 Å². The molecule has 1 heterocycles. The van der Waals surface area contributed by atoms with Crippen LogP contribution in [-0.2, 0) is 9.59 Å². The van der Waals surface area contributed by atoms with Gasteiger partial charge in [-0.1, -0.05) is 48.5 Å². The Morgan fingerprint density at radius 1 is 1.00 bits per heavy atom. The Labute approximate surface area is 129 Å². The number of imide groups is 1. The molecule has 1 saturated heterocycles. The van der Waals surface area contributed by atoms with Crippen LogP contribution in [0.5, 0.6) is 0 Å². The van der Waals surface area contributed by atoms with Crippen LogP contribution in [0.15, 0.2) is 60.7 Å². The second kappa shape index (κ2) is 6.12. The maximum absolute atomic E-state index is 12.5. The molecular weight excluding hydrogens is 276 g/mol. The Bertz CT molecular complexity index is 670. The first-order valence-corrected chi connectivity index (χ1v) is 7.39. The van der Waals surface area contributed by atoms with E-state index < -0.39 is 6.04 Å². The summed E-state index contributed by atoms with van der Waals surface area (Å²) in [5.41, 5.74) is 1.73. The lowest BCUT2D eigenvalue weighted by Crippen LogP contribution is -2.39. The third kappa shape index (κ3) is 2.78. The monoisotopic (exact) mass is 294 g/mol. The van der Waals surface area contributed by atoms with Gasteiger partial charge in [-0.15, -0.1) is 0 Å². The highest BCUT2D eigenvalue weighted by Gasteiger charge is 2.39. The maximum atomic E-state index is 12.5. The number of carbonyl (C=O) groups excluding carboxylic acids is 2. The number of anilines is 1. The van der Waals surface area contributed by atoms with E-state index in [9.17, 15) is 9.59 Å². The summed E-state index contributed by atoms with van der Waals surface area (Å²) in [6.45, 7) is 2.00. The van der Waals surface area contributed by atoms with Gasteiger partial charge in [0.15, 0.2) is 0 Å². The Kier molecular flexibility index (Phi) is 4.02. The van der Waals surface area contributed by atoms with Crippen LogP contribution in [0, 0.1) is 0 Å². The van der Waals surface area contributed by atoms with Gasteiger partial charge in [0, 0.05) is 6.04 Å². The Morgan fingerprint density at radius 3 is 2.23 bits per heavy atom. The van der Waals surface area contributed by atoms with Gasteiger partial charge in [-0.05, 0) is 24.6 Å². The van der Waals surface area contributed by atoms with Gasteiger partial charge in [-0.2, -0.15) is 0 Å². The summed E-state index contributed by atoms with van der Waals surface area (Å²) < 4.78 is 0. The van der Waals surface area contributed by atoms with Crippen molar-refractivity contribution in [3.8, 4) is 0 Å². The van der Waals surface area contributed by atoms with E-state index in [1.54, 1.807) is 12.1 Å². The lowest BCUT2D eigenvalue weighted by molar-refractivity contribution is -0.121. The molecule has 2 atom stereocenters. The average molecular weight is 294 g/mol. The molecule has 3 rings (SSSR count). The van der Waals surface area contributed by atoms with Gasteiger partial charge in [0.25, 0.3) is 5.91 Å². The van der Waals surface area contributed by atoms with Crippen molar-refractivity contribution in [2.75, 3.05) is 4.90 Å². The number of hydrogen-bond donors (Lipinski definition) is 1. The highest BCUT2D eigenvalue weighted by atomic mass is 16.2. The summed E-state index contributed by atoms with van der Waals surface area (Å²) in [5.74, 6) is -0.340. The summed E-state index contributed by atoms with van der Waals surface area (Å²) in [6, 6.07) is 18.5. The summed E-state index contributed by atoms with van der Waals surface area (Å²) in [7, 11) is 0. The highest BCUT2D eigenvalue weighted by Crippen LogP contribution is 2.24. The van der Waals surface area contributed by atoms with E-state index in [1.165, 1.54) is 4.90 Å². The molecular formula is C18H18N2O2. The van der Waals surface area contributed by atoms with Crippen molar-refractivity contribution in [1.29, 1.82) is 0 Å². The molecule has 0 radical (unpaired) electrons. The van der Waals surface area contributed by atoms with Crippen molar-refractivity contribution in [3.05, 3.63) is 66.2 Å². The van der Waals surface area contributed by atoms with Gasteiger partial charge < -0.3 is 0 Å². The van der Waals surface area contributed by atoms with Crippen molar-refractivity contribution >= 4 is 17.5 Å². The molecule has 0 spiro atoms. The predicted molar refractivity (Wildman–Crippen MR) is 85.3 cm³/mol. The Hall–Kier alpha value is -2.46. The molecule has 0 unspecified atom stereocenters. The molecule has 0 bridgehead atoms. The first kappa shape index (κ1) is 14.5. The van der Waals surface area contributed by atoms with E-state index in [0.717, 1.165) is 5.56 Å². The van der Waals surface area contributed by atoms with Crippen LogP contribution >= 0.6 is 0 Å². The minimum absolute atomic E-state index is 0.0127. The number of hydrogen-bond acceptors (Lipinski definition) is 3. The van der Waals surface area contributed by atoms with Crippen molar-refractivity contribution in [1.82, 2.24) is 5.32 Å². The number of nitrogens with zero attached hydrogens (tertiary/aromatic N) is 1. The van der Waals surface area contributed by atoms with Crippen LogP contribution in [0.25, 0.3) is 0 Å². The summed E-state index contributed by atoms with van der Waals surface area (Å²) >= 11 is 0. The second-order valence-corrected chi connectivity index (χ2v) is 5.46. The molecule has 0 saturated carbocycles. The van der Waals surface area contributed by atoms with Gasteiger partial charge in [0.2, 0.25) is 5.91 Å². The highest BCUT2D eigenvalue weighted by molar-refractivity contribution is 6.22. The molecule has 22 heavy (non-hydrogen) atoms. The van der Waals surface area contributed by atoms with E-state index in [2.05, 4.69) is 5.32 Å². The number of carbonyl (C=O) groups is 2. The largest absolute Gasteiger partial charge is 0.299 e. The number of benzene rings is 2. The van der Waals surface area contributed by atoms with Gasteiger partial charge >= 0.3 is 0 Å². The van der Waals surface area contributed by atoms with Gasteiger partial charge in [0.05, 0.1) is 18.2 Å². The van der Waals surface area contributed by atoms with E-state index in [0.29, 0.717) is 5.69 Å². The molecule has 112 valence electrons. The smallest absolute Gasteiger partial charge is 0.251 e. The maximum Gasteiger partial charge on any atom is 0.251 e. The first-order valence-electron chi connectivity index (χ1n) is 7.39. The van der Waals surface area contributed by atoms with Crippen LogP contribution in [0.1, 0.15) is 24.9 Å². The standard InChI is InChI=1S/C18H18N2O2/c1-13(14-8-4-2-5-9-14)19-16-12-17(21)20(18(16)22)15-10-6-3-7-11-15/h2-11,13,16,19H,12H2,1H3/t13-,16+/m0/s1. The zero-order valence-corrected chi connectivity index (χ0v) is 12.4.